The second-order valence-electron chi connectivity index (χ2n) is 6.89. The van der Waals surface area contributed by atoms with Gasteiger partial charge in [0.2, 0.25) is 5.91 Å². The number of carbonyl (C=O) groups is 1. The second-order valence-corrected chi connectivity index (χ2v) is 6.89. The monoisotopic (exact) mass is 305 g/mol. The van der Waals surface area contributed by atoms with E-state index in [1.807, 2.05) is 21.0 Å². The molecule has 1 aromatic rings. The van der Waals surface area contributed by atoms with Crippen molar-refractivity contribution in [3.8, 4) is 0 Å². The predicted molar refractivity (Wildman–Crippen MR) is 85.7 cm³/mol. The van der Waals surface area contributed by atoms with Crippen molar-refractivity contribution >= 4 is 5.91 Å². The van der Waals surface area contributed by atoms with Crippen molar-refractivity contribution in [2.24, 2.45) is 0 Å². The lowest BCUT2D eigenvalue weighted by Crippen LogP contribution is -2.41. The standard InChI is InChI=1S/C17H27N3O2/c1-12-9-14(22-13(12)2)10-19-7-5-16-15(19)6-8-20(16)11-17(21)18(3)4/h9,15-16H,5-8,10-11H2,1-4H3/t15-,16+/m1/s1. The Hall–Kier alpha value is -1.33. The van der Waals surface area contributed by atoms with Gasteiger partial charge in [-0.15, -0.1) is 0 Å². The SMILES string of the molecule is Cc1cc(CN2CC[C@H]3[C@H]2CCN3CC(=O)N(C)C)oc1C. The third-order valence-corrected chi connectivity index (χ3v) is 5.22. The molecule has 0 aromatic carbocycles. The van der Waals surface area contributed by atoms with Crippen LogP contribution >= 0.6 is 0 Å². The van der Waals surface area contributed by atoms with E-state index in [1.165, 1.54) is 5.56 Å². The number of likely N-dealkylation sites (tertiary alicyclic amines) is 2. The summed E-state index contributed by atoms with van der Waals surface area (Å²) in [7, 11) is 3.66. The summed E-state index contributed by atoms with van der Waals surface area (Å²) >= 11 is 0. The molecule has 0 unspecified atom stereocenters. The van der Waals surface area contributed by atoms with Crippen LogP contribution in [0.5, 0.6) is 0 Å². The van der Waals surface area contributed by atoms with Crippen LogP contribution in [-0.4, -0.2) is 66.4 Å². The van der Waals surface area contributed by atoms with Crippen LogP contribution in [0.3, 0.4) is 0 Å². The molecule has 2 saturated heterocycles. The molecule has 3 rings (SSSR count). The Kier molecular flexibility index (Phi) is 4.28. The van der Waals surface area contributed by atoms with E-state index >= 15 is 0 Å². The van der Waals surface area contributed by atoms with Crippen molar-refractivity contribution in [2.75, 3.05) is 33.7 Å². The largest absolute Gasteiger partial charge is 0.465 e. The molecule has 0 bridgehead atoms. The highest BCUT2D eigenvalue weighted by Crippen LogP contribution is 2.32. The van der Waals surface area contributed by atoms with Gasteiger partial charge in [-0.25, -0.2) is 0 Å². The van der Waals surface area contributed by atoms with Gasteiger partial charge in [-0.1, -0.05) is 0 Å². The summed E-state index contributed by atoms with van der Waals surface area (Å²) in [6, 6.07) is 3.26. The first-order valence-electron chi connectivity index (χ1n) is 8.20. The van der Waals surface area contributed by atoms with Gasteiger partial charge in [0.1, 0.15) is 11.5 Å². The minimum atomic E-state index is 0.205. The molecule has 2 fully saturated rings. The van der Waals surface area contributed by atoms with Crippen LogP contribution in [0.4, 0.5) is 0 Å². The van der Waals surface area contributed by atoms with Gasteiger partial charge >= 0.3 is 0 Å². The number of amides is 1. The highest BCUT2D eigenvalue weighted by atomic mass is 16.3. The number of furan rings is 1. The average Bonchev–Trinajstić information content (AvgIpc) is 3.10. The van der Waals surface area contributed by atoms with Crippen molar-refractivity contribution in [2.45, 2.75) is 45.3 Å². The van der Waals surface area contributed by atoms with Gasteiger partial charge in [-0.3, -0.25) is 14.6 Å². The Balaban J connectivity index is 1.61. The summed E-state index contributed by atoms with van der Waals surface area (Å²) < 4.78 is 5.83. The summed E-state index contributed by atoms with van der Waals surface area (Å²) in [6.07, 6.45) is 2.31. The molecule has 2 aliphatic heterocycles. The van der Waals surface area contributed by atoms with Gasteiger partial charge in [0.15, 0.2) is 0 Å². The second kappa shape index (κ2) is 6.05. The van der Waals surface area contributed by atoms with E-state index in [0.717, 1.165) is 44.0 Å². The summed E-state index contributed by atoms with van der Waals surface area (Å²) in [5.41, 5.74) is 1.23. The van der Waals surface area contributed by atoms with Gasteiger partial charge in [0, 0.05) is 39.3 Å². The summed E-state index contributed by atoms with van der Waals surface area (Å²) in [5.74, 6) is 2.30. The number of fused-ring (bicyclic) bond motifs is 1. The van der Waals surface area contributed by atoms with Crippen LogP contribution in [-0.2, 0) is 11.3 Å². The molecule has 0 N–H and O–H groups in total. The van der Waals surface area contributed by atoms with Crippen LogP contribution in [0.2, 0.25) is 0 Å². The molecular weight excluding hydrogens is 278 g/mol. The lowest BCUT2D eigenvalue weighted by Gasteiger charge is -2.25. The zero-order valence-corrected chi connectivity index (χ0v) is 14.1. The number of rotatable bonds is 4. The first-order chi connectivity index (χ1) is 10.5. The van der Waals surface area contributed by atoms with Crippen molar-refractivity contribution in [1.29, 1.82) is 0 Å². The average molecular weight is 305 g/mol. The predicted octanol–water partition coefficient (Wildman–Crippen LogP) is 1.63. The summed E-state index contributed by atoms with van der Waals surface area (Å²) in [4.78, 5) is 18.5. The first kappa shape index (κ1) is 15.6. The molecule has 122 valence electrons. The van der Waals surface area contributed by atoms with Gasteiger partial charge in [0.25, 0.3) is 0 Å². The number of nitrogens with zero attached hydrogens (tertiary/aromatic N) is 3. The fourth-order valence-corrected chi connectivity index (χ4v) is 3.80. The molecule has 0 spiro atoms. The minimum absolute atomic E-state index is 0.205. The number of hydrogen-bond acceptors (Lipinski definition) is 4. The third-order valence-electron chi connectivity index (χ3n) is 5.22. The van der Waals surface area contributed by atoms with Crippen LogP contribution in [0.25, 0.3) is 0 Å². The van der Waals surface area contributed by atoms with E-state index in [2.05, 4.69) is 22.8 Å². The molecule has 3 heterocycles. The Bertz CT molecular complexity index is 533. The fourth-order valence-electron chi connectivity index (χ4n) is 3.80. The Labute approximate surface area is 132 Å². The molecule has 0 radical (unpaired) electrons. The third kappa shape index (κ3) is 2.92. The molecule has 0 saturated carbocycles. The molecule has 1 amide bonds. The van der Waals surface area contributed by atoms with Crippen LogP contribution in [0.1, 0.15) is 29.9 Å². The van der Waals surface area contributed by atoms with E-state index in [0.29, 0.717) is 18.6 Å². The van der Waals surface area contributed by atoms with E-state index in [1.54, 1.807) is 4.90 Å². The smallest absolute Gasteiger partial charge is 0.236 e. The Morgan fingerprint density at radius 3 is 2.45 bits per heavy atom. The highest BCUT2D eigenvalue weighted by molar-refractivity contribution is 5.77. The van der Waals surface area contributed by atoms with Crippen LogP contribution in [0, 0.1) is 13.8 Å². The van der Waals surface area contributed by atoms with Crippen LogP contribution in [0.15, 0.2) is 10.5 Å². The normalized spacial score (nSPS) is 25.6. The minimum Gasteiger partial charge on any atom is -0.465 e. The lowest BCUT2D eigenvalue weighted by atomic mass is 10.1. The van der Waals surface area contributed by atoms with Gasteiger partial charge in [0.05, 0.1) is 13.1 Å². The van der Waals surface area contributed by atoms with E-state index in [9.17, 15) is 4.79 Å². The molecule has 0 aliphatic carbocycles. The lowest BCUT2D eigenvalue weighted by molar-refractivity contribution is -0.130. The maximum atomic E-state index is 12.0. The van der Waals surface area contributed by atoms with E-state index in [-0.39, 0.29) is 5.91 Å². The number of carbonyl (C=O) groups excluding carboxylic acids is 1. The first-order valence-corrected chi connectivity index (χ1v) is 8.20. The maximum Gasteiger partial charge on any atom is 0.236 e. The van der Waals surface area contributed by atoms with Gasteiger partial charge < -0.3 is 9.32 Å². The number of aryl methyl sites for hydroxylation is 2. The van der Waals surface area contributed by atoms with Gasteiger partial charge in [-0.2, -0.15) is 0 Å². The molecule has 5 heteroatoms. The maximum absolute atomic E-state index is 12.0. The van der Waals surface area contributed by atoms with Crippen molar-refractivity contribution in [3.63, 3.8) is 0 Å². The topological polar surface area (TPSA) is 39.9 Å². The molecule has 2 aliphatic rings. The summed E-state index contributed by atoms with van der Waals surface area (Å²) in [5, 5.41) is 0. The van der Waals surface area contributed by atoms with Crippen molar-refractivity contribution in [1.82, 2.24) is 14.7 Å². The zero-order chi connectivity index (χ0) is 15.9. The molecule has 5 nitrogen and oxygen atoms in total. The zero-order valence-electron chi connectivity index (χ0n) is 14.1. The molecule has 2 atom stereocenters. The fraction of sp³-hybridized carbons (Fsp3) is 0.706. The summed E-state index contributed by atoms with van der Waals surface area (Å²) in [6.45, 7) is 7.70. The van der Waals surface area contributed by atoms with E-state index < -0.39 is 0 Å². The number of hydrogen-bond donors (Lipinski definition) is 0. The van der Waals surface area contributed by atoms with Crippen molar-refractivity contribution < 1.29 is 9.21 Å². The molecule has 1 aromatic heterocycles. The quantitative estimate of drug-likeness (QED) is 0.848. The number of likely N-dealkylation sites (N-methyl/N-ethyl adjacent to an activating group) is 1. The van der Waals surface area contributed by atoms with E-state index in [4.69, 9.17) is 4.42 Å². The highest BCUT2D eigenvalue weighted by Gasteiger charge is 2.43. The molecule has 22 heavy (non-hydrogen) atoms. The van der Waals surface area contributed by atoms with Crippen molar-refractivity contribution in [3.05, 3.63) is 23.2 Å². The Morgan fingerprint density at radius 1 is 1.23 bits per heavy atom. The van der Waals surface area contributed by atoms with Crippen LogP contribution < -0.4 is 0 Å². The van der Waals surface area contributed by atoms with Gasteiger partial charge in [-0.05, 0) is 38.3 Å². The molecular formula is C17H27N3O2. The Morgan fingerprint density at radius 2 is 1.86 bits per heavy atom.